The standard InChI is InChI=1S/C24H28N2O6/c1-15(23(30)26-13-16(27)12-22(28)29)10-11-25-24(31)32-14-21-19-8-4-2-6-17(19)18-7-3-5-9-20(18)21/h2-9,15-16,21,27H,10-14H2,1H3,(H,25,31)(H,26,30)(H,28,29). The van der Waals surface area contributed by atoms with Gasteiger partial charge in [0.2, 0.25) is 5.91 Å². The monoisotopic (exact) mass is 440 g/mol. The molecular weight excluding hydrogens is 412 g/mol. The molecule has 32 heavy (non-hydrogen) atoms. The first kappa shape index (κ1) is 23.3. The van der Waals surface area contributed by atoms with Crippen molar-refractivity contribution in [3.8, 4) is 11.1 Å². The Balaban J connectivity index is 1.41. The summed E-state index contributed by atoms with van der Waals surface area (Å²) in [7, 11) is 0. The maximum absolute atomic E-state index is 12.2. The Morgan fingerprint density at radius 1 is 1.00 bits per heavy atom. The first-order valence-corrected chi connectivity index (χ1v) is 10.6. The van der Waals surface area contributed by atoms with Gasteiger partial charge < -0.3 is 25.6 Å². The summed E-state index contributed by atoms with van der Waals surface area (Å²) < 4.78 is 5.46. The number of hydrogen-bond acceptors (Lipinski definition) is 5. The Morgan fingerprint density at radius 3 is 2.19 bits per heavy atom. The molecule has 8 heteroatoms. The Morgan fingerprint density at radius 2 is 1.59 bits per heavy atom. The van der Waals surface area contributed by atoms with Crippen LogP contribution < -0.4 is 10.6 Å². The lowest BCUT2D eigenvalue weighted by Gasteiger charge is -2.16. The van der Waals surface area contributed by atoms with Gasteiger partial charge in [-0.2, -0.15) is 0 Å². The number of carbonyl (C=O) groups excluding carboxylic acids is 2. The summed E-state index contributed by atoms with van der Waals surface area (Å²) in [6.07, 6.45) is -1.73. The van der Waals surface area contributed by atoms with E-state index in [9.17, 15) is 19.5 Å². The third kappa shape index (κ3) is 5.85. The summed E-state index contributed by atoms with van der Waals surface area (Å²) >= 11 is 0. The maximum Gasteiger partial charge on any atom is 0.407 e. The molecule has 0 saturated carbocycles. The summed E-state index contributed by atoms with van der Waals surface area (Å²) in [4.78, 5) is 34.7. The van der Waals surface area contributed by atoms with E-state index in [2.05, 4.69) is 34.9 Å². The number of hydrogen-bond donors (Lipinski definition) is 4. The van der Waals surface area contributed by atoms with E-state index in [-0.39, 0.29) is 31.5 Å². The van der Waals surface area contributed by atoms with Crippen LogP contribution in [0.5, 0.6) is 0 Å². The van der Waals surface area contributed by atoms with Gasteiger partial charge in [0.15, 0.2) is 0 Å². The molecule has 2 aromatic carbocycles. The second kappa shape index (κ2) is 10.8. The number of fused-ring (bicyclic) bond motifs is 3. The minimum absolute atomic E-state index is 0.0184. The van der Waals surface area contributed by atoms with Crippen LogP contribution in [0.1, 0.15) is 36.8 Å². The van der Waals surface area contributed by atoms with Gasteiger partial charge in [0.25, 0.3) is 0 Å². The molecule has 1 aliphatic carbocycles. The van der Waals surface area contributed by atoms with Crippen molar-refractivity contribution in [2.45, 2.75) is 31.8 Å². The number of aliphatic hydroxyl groups is 1. The lowest BCUT2D eigenvalue weighted by molar-refractivity contribution is -0.139. The molecule has 0 heterocycles. The largest absolute Gasteiger partial charge is 0.481 e. The van der Waals surface area contributed by atoms with Gasteiger partial charge in [-0.1, -0.05) is 55.5 Å². The molecule has 0 aromatic heterocycles. The van der Waals surface area contributed by atoms with Gasteiger partial charge in [-0.05, 0) is 28.7 Å². The molecule has 8 nitrogen and oxygen atoms in total. The van der Waals surface area contributed by atoms with Crippen LogP contribution in [0.2, 0.25) is 0 Å². The van der Waals surface area contributed by atoms with Crippen LogP contribution in [0.3, 0.4) is 0 Å². The molecule has 3 rings (SSSR count). The van der Waals surface area contributed by atoms with Crippen molar-refractivity contribution in [2.24, 2.45) is 5.92 Å². The highest BCUT2D eigenvalue weighted by molar-refractivity contribution is 5.79. The number of benzene rings is 2. The normalized spacial score (nSPS) is 14.1. The molecule has 0 spiro atoms. The van der Waals surface area contributed by atoms with Crippen LogP contribution in [-0.2, 0) is 14.3 Å². The number of aliphatic carboxylic acids is 1. The molecule has 0 fully saturated rings. The molecule has 1 aliphatic rings. The van der Waals surface area contributed by atoms with E-state index in [1.165, 1.54) is 0 Å². The fraction of sp³-hybridized carbons (Fsp3) is 0.375. The molecule has 0 aliphatic heterocycles. The number of carbonyl (C=O) groups is 3. The fourth-order valence-corrected chi connectivity index (χ4v) is 3.84. The summed E-state index contributed by atoms with van der Waals surface area (Å²) in [6.45, 7) is 2.04. The summed E-state index contributed by atoms with van der Waals surface area (Å²) in [6, 6.07) is 16.2. The first-order chi connectivity index (χ1) is 15.4. The quantitative estimate of drug-likeness (QED) is 0.450. The Kier molecular flexibility index (Phi) is 7.83. The molecule has 0 bridgehead atoms. The van der Waals surface area contributed by atoms with Crippen molar-refractivity contribution in [3.63, 3.8) is 0 Å². The predicted molar refractivity (Wildman–Crippen MR) is 118 cm³/mol. The van der Waals surface area contributed by atoms with Crippen molar-refractivity contribution < 1.29 is 29.3 Å². The Bertz CT molecular complexity index is 931. The number of ether oxygens (including phenoxy) is 1. The Labute approximate surface area is 186 Å². The van der Waals surface area contributed by atoms with Gasteiger partial charge in [0.1, 0.15) is 6.61 Å². The van der Waals surface area contributed by atoms with Crippen LogP contribution >= 0.6 is 0 Å². The third-order valence-electron chi connectivity index (χ3n) is 5.56. The molecule has 2 atom stereocenters. The highest BCUT2D eigenvalue weighted by atomic mass is 16.5. The van der Waals surface area contributed by atoms with Crippen LogP contribution in [0, 0.1) is 5.92 Å². The van der Waals surface area contributed by atoms with E-state index < -0.39 is 30.5 Å². The van der Waals surface area contributed by atoms with Gasteiger partial charge in [0.05, 0.1) is 12.5 Å². The molecule has 4 N–H and O–H groups in total. The van der Waals surface area contributed by atoms with Crippen molar-refractivity contribution in [1.29, 1.82) is 0 Å². The molecule has 0 radical (unpaired) electrons. The predicted octanol–water partition coefficient (Wildman–Crippen LogP) is 2.50. The van der Waals surface area contributed by atoms with Gasteiger partial charge in [0, 0.05) is 24.9 Å². The van der Waals surface area contributed by atoms with E-state index in [1.54, 1.807) is 6.92 Å². The number of rotatable bonds is 10. The molecule has 2 amide bonds. The first-order valence-electron chi connectivity index (χ1n) is 10.6. The topological polar surface area (TPSA) is 125 Å². The summed E-state index contributed by atoms with van der Waals surface area (Å²) in [5.74, 6) is -1.88. The van der Waals surface area contributed by atoms with Gasteiger partial charge in [-0.15, -0.1) is 0 Å². The van der Waals surface area contributed by atoms with E-state index in [4.69, 9.17) is 9.84 Å². The molecule has 2 unspecified atom stereocenters. The molecule has 0 saturated heterocycles. The summed E-state index contributed by atoms with van der Waals surface area (Å²) in [5, 5.41) is 23.3. The molecule has 170 valence electrons. The average molecular weight is 440 g/mol. The second-order valence-corrected chi connectivity index (χ2v) is 7.94. The van der Waals surface area contributed by atoms with Crippen molar-refractivity contribution in [1.82, 2.24) is 10.6 Å². The van der Waals surface area contributed by atoms with E-state index in [0.717, 1.165) is 22.3 Å². The zero-order valence-electron chi connectivity index (χ0n) is 17.9. The van der Waals surface area contributed by atoms with E-state index >= 15 is 0 Å². The smallest absolute Gasteiger partial charge is 0.407 e. The minimum atomic E-state index is -1.14. The SMILES string of the molecule is CC(CCNC(=O)OCC1c2ccccc2-c2ccccc21)C(=O)NCC(O)CC(=O)O. The van der Waals surface area contributed by atoms with Crippen LogP contribution in [0.15, 0.2) is 48.5 Å². The highest BCUT2D eigenvalue weighted by Gasteiger charge is 2.29. The number of carboxylic acid groups (broad SMARTS) is 1. The van der Waals surface area contributed by atoms with Crippen LogP contribution in [-0.4, -0.2) is 54.0 Å². The maximum atomic E-state index is 12.2. The van der Waals surface area contributed by atoms with Crippen molar-refractivity contribution >= 4 is 18.0 Å². The average Bonchev–Trinajstić information content (AvgIpc) is 3.09. The van der Waals surface area contributed by atoms with Crippen molar-refractivity contribution in [2.75, 3.05) is 19.7 Å². The van der Waals surface area contributed by atoms with Crippen LogP contribution in [0.4, 0.5) is 4.79 Å². The van der Waals surface area contributed by atoms with Crippen LogP contribution in [0.25, 0.3) is 11.1 Å². The van der Waals surface area contributed by atoms with Gasteiger partial charge in [-0.25, -0.2) is 4.79 Å². The number of nitrogens with one attached hydrogen (secondary N) is 2. The second-order valence-electron chi connectivity index (χ2n) is 7.94. The number of aliphatic hydroxyl groups excluding tert-OH is 1. The van der Waals surface area contributed by atoms with E-state index in [1.807, 2.05) is 24.3 Å². The molecular formula is C24H28N2O6. The van der Waals surface area contributed by atoms with Gasteiger partial charge in [-0.3, -0.25) is 9.59 Å². The summed E-state index contributed by atoms with van der Waals surface area (Å²) in [5.41, 5.74) is 4.59. The zero-order chi connectivity index (χ0) is 23.1. The van der Waals surface area contributed by atoms with Gasteiger partial charge >= 0.3 is 12.1 Å². The number of amides is 2. The third-order valence-corrected chi connectivity index (χ3v) is 5.56. The fourth-order valence-electron chi connectivity index (χ4n) is 3.84. The lowest BCUT2D eigenvalue weighted by Crippen LogP contribution is -2.37. The van der Waals surface area contributed by atoms with Crippen molar-refractivity contribution in [3.05, 3.63) is 59.7 Å². The molecule has 2 aromatic rings. The number of carboxylic acids is 1. The Hall–Kier alpha value is -3.39. The zero-order valence-corrected chi connectivity index (χ0v) is 17.9. The lowest BCUT2D eigenvalue weighted by atomic mass is 9.98. The van der Waals surface area contributed by atoms with E-state index in [0.29, 0.717) is 6.42 Å². The minimum Gasteiger partial charge on any atom is -0.481 e. The number of alkyl carbamates (subject to hydrolysis) is 1. The highest BCUT2D eigenvalue weighted by Crippen LogP contribution is 2.44.